The molecule has 0 fully saturated rings. The molecule has 110 valence electrons. The zero-order chi connectivity index (χ0) is 15.6. The Morgan fingerprint density at radius 2 is 1.57 bits per heavy atom. The maximum absolute atomic E-state index is 9.62. The number of nitrogens with zero attached hydrogens (tertiary/aromatic N) is 1. The molecule has 0 saturated carbocycles. The molecule has 0 aromatic heterocycles. The second-order valence-corrected chi connectivity index (χ2v) is 5.24. The van der Waals surface area contributed by atoms with Gasteiger partial charge in [-0.15, -0.1) is 0 Å². The molecule has 0 aliphatic rings. The molecule has 0 aliphatic carbocycles. The monoisotopic (exact) mass is 346 g/mol. The summed E-state index contributed by atoms with van der Waals surface area (Å²) in [4.78, 5) is 0. The van der Waals surface area contributed by atoms with E-state index in [9.17, 15) is 15.3 Å². The van der Waals surface area contributed by atoms with Crippen molar-refractivity contribution in [1.29, 1.82) is 0 Å². The maximum Gasteiger partial charge on any atom is 0.200 e. The van der Waals surface area contributed by atoms with Gasteiger partial charge in [-0.05, 0) is 24.3 Å². The molecule has 0 atom stereocenters. The maximum atomic E-state index is 9.62. The smallest absolute Gasteiger partial charge is 0.200 e. The number of rotatable bonds is 3. The van der Waals surface area contributed by atoms with Gasteiger partial charge in [-0.3, -0.25) is 5.43 Å². The summed E-state index contributed by atoms with van der Waals surface area (Å²) in [5, 5.41) is 33.0. The van der Waals surface area contributed by atoms with Crippen LogP contribution >= 0.6 is 34.8 Å². The molecule has 0 spiro atoms. The highest BCUT2D eigenvalue weighted by molar-refractivity contribution is 6.41. The van der Waals surface area contributed by atoms with Crippen molar-refractivity contribution in [1.82, 2.24) is 0 Å². The van der Waals surface area contributed by atoms with E-state index in [-0.39, 0.29) is 15.6 Å². The topological polar surface area (TPSA) is 85.1 Å². The molecule has 0 heterocycles. The van der Waals surface area contributed by atoms with Crippen molar-refractivity contribution in [2.45, 2.75) is 0 Å². The average Bonchev–Trinajstić information content (AvgIpc) is 2.41. The second-order valence-electron chi connectivity index (χ2n) is 3.99. The lowest BCUT2D eigenvalue weighted by Crippen LogP contribution is -1.93. The number of hydrogen-bond acceptors (Lipinski definition) is 5. The molecule has 21 heavy (non-hydrogen) atoms. The predicted octanol–water partition coefficient (Wildman–Crippen LogP) is 4.21. The Balaban J connectivity index is 2.23. The fourth-order valence-corrected chi connectivity index (χ4v) is 2.41. The van der Waals surface area contributed by atoms with Crippen molar-refractivity contribution in [2.24, 2.45) is 5.10 Å². The first-order valence-electron chi connectivity index (χ1n) is 5.57. The van der Waals surface area contributed by atoms with E-state index in [0.717, 1.165) is 0 Å². The molecule has 0 bridgehead atoms. The molecule has 0 radical (unpaired) electrons. The summed E-state index contributed by atoms with van der Waals surface area (Å²) in [6.45, 7) is 0. The minimum Gasteiger partial charge on any atom is -0.504 e. The Morgan fingerprint density at radius 3 is 2.19 bits per heavy atom. The van der Waals surface area contributed by atoms with Crippen molar-refractivity contribution in [3.05, 3.63) is 44.9 Å². The summed E-state index contributed by atoms with van der Waals surface area (Å²) in [6.07, 6.45) is 1.23. The van der Waals surface area contributed by atoms with Crippen molar-refractivity contribution < 1.29 is 15.3 Å². The van der Waals surface area contributed by atoms with Crippen LogP contribution in [0.1, 0.15) is 5.56 Å². The van der Waals surface area contributed by atoms with Crippen molar-refractivity contribution in [3.63, 3.8) is 0 Å². The number of anilines is 1. The summed E-state index contributed by atoms with van der Waals surface area (Å²) >= 11 is 17.7. The highest BCUT2D eigenvalue weighted by atomic mass is 35.5. The fourth-order valence-electron chi connectivity index (χ4n) is 1.50. The Hall–Kier alpha value is -1.82. The third kappa shape index (κ3) is 3.44. The molecule has 0 unspecified atom stereocenters. The number of nitrogens with one attached hydrogen (secondary N) is 1. The van der Waals surface area contributed by atoms with Gasteiger partial charge >= 0.3 is 0 Å². The number of aromatic hydroxyl groups is 3. The van der Waals surface area contributed by atoms with Crippen LogP contribution in [-0.4, -0.2) is 21.5 Å². The highest BCUT2D eigenvalue weighted by Crippen LogP contribution is 2.36. The van der Waals surface area contributed by atoms with Crippen LogP contribution in [0.5, 0.6) is 17.2 Å². The van der Waals surface area contributed by atoms with E-state index < -0.39 is 17.2 Å². The van der Waals surface area contributed by atoms with E-state index in [0.29, 0.717) is 10.7 Å². The summed E-state index contributed by atoms with van der Waals surface area (Å²) in [6, 6.07) is 5.59. The third-order valence-corrected chi connectivity index (χ3v) is 3.36. The minimum absolute atomic E-state index is 0.194. The molecule has 4 N–H and O–H groups in total. The Labute approximate surface area is 135 Å². The number of halogens is 3. The first-order valence-corrected chi connectivity index (χ1v) is 6.71. The van der Waals surface area contributed by atoms with E-state index in [1.165, 1.54) is 30.5 Å². The summed E-state index contributed by atoms with van der Waals surface area (Å²) in [7, 11) is 0. The lowest BCUT2D eigenvalue weighted by Gasteiger charge is -2.07. The molecule has 0 saturated heterocycles. The standard InChI is InChI=1S/C13H9Cl3N2O3/c14-7-3-8(15)11(9(16)4-7)18-17-5-6-1-2-10(19)13(21)12(6)20/h1-5,18-21H/b17-5+. The molecular formula is C13H9Cl3N2O3. The first-order chi connectivity index (χ1) is 9.90. The van der Waals surface area contributed by atoms with Crippen LogP contribution in [0.3, 0.4) is 0 Å². The average molecular weight is 348 g/mol. The zero-order valence-corrected chi connectivity index (χ0v) is 12.6. The van der Waals surface area contributed by atoms with Crippen LogP contribution < -0.4 is 5.43 Å². The second kappa shape index (κ2) is 6.30. The number of phenolic OH excluding ortho intramolecular Hbond substituents is 3. The lowest BCUT2D eigenvalue weighted by molar-refractivity contribution is 0.367. The Morgan fingerprint density at radius 1 is 0.952 bits per heavy atom. The molecule has 2 aromatic carbocycles. The van der Waals surface area contributed by atoms with Gasteiger partial charge in [0, 0.05) is 10.6 Å². The van der Waals surface area contributed by atoms with Crippen molar-refractivity contribution >= 4 is 46.7 Å². The number of benzene rings is 2. The zero-order valence-electron chi connectivity index (χ0n) is 10.3. The quantitative estimate of drug-likeness (QED) is 0.381. The predicted molar refractivity (Wildman–Crippen MR) is 84.1 cm³/mol. The van der Waals surface area contributed by atoms with Crippen molar-refractivity contribution in [2.75, 3.05) is 5.43 Å². The molecule has 8 heteroatoms. The van der Waals surface area contributed by atoms with E-state index >= 15 is 0 Å². The molecule has 0 aliphatic heterocycles. The fraction of sp³-hybridized carbons (Fsp3) is 0. The first kappa shape index (κ1) is 15.6. The van der Waals surface area contributed by atoms with Gasteiger partial charge in [-0.2, -0.15) is 5.10 Å². The normalized spacial score (nSPS) is 11.0. The highest BCUT2D eigenvalue weighted by Gasteiger charge is 2.10. The molecule has 0 amide bonds. The van der Waals surface area contributed by atoms with Gasteiger partial charge in [0.1, 0.15) is 0 Å². The minimum atomic E-state index is -0.624. The van der Waals surface area contributed by atoms with E-state index in [1.807, 2.05) is 0 Å². The van der Waals surface area contributed by atoms with Gasteiger partial charge in [-0.1, -0.05) is 34.8 Å². The van der Waals surface area contributed by atoms with Crippen molar-refractivity contribution in [3.8, 4) is 17.2 Å². The van der Waals surface area contributed by atoms with Gasteiger partial charge in [0.2, 0.25) is 5.75 Å². The molecule has 2 aromatic rings. The molecular weight excluding hydrogens is 339 g/mol. The number of hydrazone groups is 1. The summed E-state index contributed by atoms with van der Waals surface area (Å²) in [5.41, 5.74) is 3.15. The summed E-state index contributed by atoms with van der Waals surface area (Å²) in [5.74, 6) is -1.54. The Kier molecular flexibility index (Phi) is 4.67. The SMILES string of the molecule is Oc1ccc(/C=N/Nc2c(Cl)cc(Cl)cc2Cl)c(O)c1O. The largest absolute Gasteiger partial charge is 0.504 e. The molecule has 5 nitrogen and oxygen atoms in total. The lowest BCUT2D eigenvalue weighted by atomic mass is 10.2. The van der Waals surface area contributed by atoms with Gasteiger partial charge in [0.25, 0.3) is 0 Å². The van der Waals surface area contributed by atoms with Crippen LogP contribution in [0, 0.1) is 0 Å². The Bertz CT molecular complexity index is 697. The number of phenols is 3. The van der Waals surface area contributed by atoms with Gasteiger partial charge < -0.3 is 15.3 Å². The van der Waals surface area contributed by atoms with Crippen LogP contribution in [0.25, 0.3) is 0 Å². The van der Waals surface area contributed by atoms with Crippen LogP contribution in [0.15, 0.2) is 29.4 Å². The molecule has 2 rings (SSSR count). The van der Waals surface area contributed by atoms with E-state index in [2.05, 4.69) is 10.5 Å². The van der Waals surface area contributed by atoms with Crippen LogP contribution in [-0.2, 0) is 0 Å². The third-order valence-electron chi connectivity index (χ3n) is 2.55. The number of hydrogen-bond donors (Lipinski definition) is 4. The summed E-state index contributed by atoms with van der Waals surface area (Å²) < 4.78 is 0. The van der Waals surface area contributed by atoms with Crippen LogP contribution in [0.2, 0.25) is 15.1 Å². The van der Waals surface area contributed by atoms with Gasteiger partial charge in [0.15, 0.2) is 11.5 Å². The van der Waals surface area contributed by atoms with Gasteiger partial charge in [0.05, 0.1) is 21.9 Å². The van der Waals surface area contributed by atoms with E-state index in [4.69, 9.17) is 34.8 Å². The van der Waals surface area contributed by atoms with E-state index in [1.54, 1.807) is 0 Å². The van der Waals surface area contributed by atoms with Gasteiger partial charge in [-0.25, -0.2) is 0 Å². The van der Waals surface area contributed by atoms with Crippen LogP contribution in [0.4, 0.5) is 5.69 Å².